The highest BCUT2D eigenvalue weighted by Crippen LogP contribution is 2.25. The topological polar surface area (TPSA) is 20.2 Å². The van der Waals surface area contributed by atoms with E-state index in [-0.39, 0.29) is 6.61 Å². The lowest BCUT2D eigenvalue weighted by Gasteiger charge is -2.15. The van der Waals surface area contributed by atoms with E-state index in [1.807, 2.05) is 6.92 Å². The first kappa shape index (κ1) is 7.80. The molecule has 0 aromatic rings. The minimum absolute atomic E-state index is 0.259. The monoisotopic (exact) mass is 140 g/mol. The fourth-order valence-corrected chi connectivity index (χ4v) is 1.52. The van der Waals surface area contributed by atoms with Gasteiger partial charge in [0.2, 0.25) is 0 Å². The molecule has 58 valence electrons. The Bertz CT molecular complexity index is 128. The highest BCUT2D eigenvalue weighted by Gasteiger charge is 2.06. The molecule has 0 aliphatic heterocycles. The second kappa shape index (κ2) is 3.77. The normalized spacial score (nSPS) is 19.2. The fourth-order valence-electron chi connectivity index (χ4n) is 1.52. The van der Waals surface area contributed by atoms with Crippen molar-refractivity contribution >= 4 is 0 Å². The molecule has 0 aromatic carbocycles. The van der Waals surface area contributed by atoms with Crippen LogP contribution in [0.3, 0.4) is 0 Å². The maximum Gasteiger partial charge on any atom is 0.0641 e. The predicted octanol–water partition coefficient (Wildman–Crippen LogP) is 2.26. The smallest absolute Gasteiger partial charge is 0.0641 e. The number of aliphatic hydroxyl groups excluding tert-OH is 1. The van der Waals surface area contributed by atoms with Gasteiger partial charge in [0, 0.05) is 0 Å². The van der Waals surface area contributed by atoms with E-state index in [4.69, 9.17) is 5.11 Å². The van der Waals surface area contributed by atoms with Gasteiger partial charge in [-0.3, -0.25) is 0 Å². The summed E-state index contributed by atoms with van der Waals surface area (Å²) >= 11 is 0. The molecule has 1 heteroatoms. The summed E-state index contributed by atoms with van der Waals surface area (Å²) in [6, 6.07) is 0. The van der Waals surface area contributed by atoms with Gasteiger partial charge in [-0.2, -0.15) is 0 Å². The molecule has 0 unspecified atom stereocenters. The van der Waals surface area contributed by atoms with Crippen LogP contribution in [-0.2, 0) is 0 Å². The summed E-state index contributed by atoms with van der Waals surface area (Å²) in [5.74, 6) is 0. The summed E-state index contributed by atoms with van der Waals surface area (Å²) in [6.45, 7) is 2.30. The first-order chi connectivity index (χ1) is 4.84. The average Bonchev–Trinajstić information content (AvgIpc) is 2.05. The summed E-state index contributed by atoms with van der Waals surface area (Å²) in [5.41, 5.74) is 2.72. The molecule has 0 atom stereocenters. The second-order valence-electron chi connectivity index (χ2n) is 3.10. The average molecular weight is 140 g/mol. The summed E-state index contributed by atoms with van der Waals surface area (Å²) < 4.78 is 0. The van der Waals surface area contributed by atoms with Crippen molar-refractivity contribution in [3.05, 3.63) is 11.1 Å². The van der Waals surface area contributed by atoms with Gasteiger partial charge in [0.05, 0.1) is 6.61 Å². The summed E-state index contributed by atoms with van der Waals surface area (Å²) in [5, 5.41) is 8.83. The highest BCUT2D eigenvalue weighted by atomic mass is 16.3. The van der Waals surface area contributed by atoms with Crippen molar-refractivity contribution in [1.29, 1.82) is 0 Å². The zero-order valence-corrected chi connectivity index (χ0v) is 6.69. The van der Waals surface area contributed by atoms with Crippen LogP contribution in [0.4, 0.5) is 0 Å². The second-order valence-corrected chi connectivity index (χ2v) is 3.10. The van der Waals surface area contributed by atoms with Gasteiger partial charge in [0.15, 0.2) is 0 Å². The lowest BCUT2D eigenvalue weighted by Crippen LogP contribution is -1.99. The van der Waals surface area contributed by atoms with Crippen LogP contribution in [-0.4, -0.2) is 11.7 Å². The summed E-state index contributed by atoms with van der Waals surface area (Å²) in [4.78, 5) is 0. The van der Waals surface area contributed by atoms with E-state index in [1.165, 1.54) is 43.3 Å². The maximum absolute atomic E-state index is 8.83. The molecule has 0 radical (unpaired) electrons. The minimum Gasteiger partial charge on any atom is -0.392 e. The van der Waals surface area contributed by atoms with Gasteiger partial charge in [-0.25, -0.2) is 0 Å². The van der Waals surface area contributed by atoms with Gasteiger partial charge >= 0.3 is 0 Å². The zero-order chi connectivity index (χ0) is 7.40. The molecular formula is C9H16O. The first-order valence-corrected chi connectivity index (χ1v) is 4.13. The first-order valence-electron chi connectivity index (χ1n) is 4.13. The van der Waals surface area contributed by atoms with Crippen LogP contribution in [0, 0.1) is 0 Å². The van der Waals surface area contributed by atoms with Gasteiger partial charge in [-0.15, -0.1) is 0 Å². The molecule has 1 N–H and O–H groups in total. The van der Waals surface area contributed by atoms with Crippen molar-refractivity contribution in [1.82, 2.24) is 0 Å². The third-order valence-corrected chi connectivity index (χ3v) is 2.30. The molecule has 0 heterocycles. The Labute approximate surface area is 62.8 Å². The third-order valence-electron chi connectivity index (χ3n) is 2.30. The van der Waals surface area contributed by atoms with Crippen molar-refractivity contribution in [2.75, 3.05) is 6.61 Å². The minimum atomic E-state index is 0.259. The molecule has 0 amide bonds. The Balaban J connectivity index is 2.51. The van der Waals surface area contributed by atoms with Gasteiger partial charge in [-0.1, -0.05) is 12.0 Å². The van der Waals surface area contributed by atoms with E-state index < -0.39 is 0 Å². The van der Waals surface area contributed by atoms with Crippen molar-refractivity contribution in [2.45, 2.75) is 39.0 Å². The Kier molecular flexibility index (Phi) is 2.94. The third kappa shape index (κ3) is 1.84. The largest absolute Gasteiger partial charge is 0.392 e. The van der Waals surface area contributed by atoms with Crippen molar-refractivity contribution in [3.63, 3.8) is 0 Å². The number of hydrogen-bond donors (Lipinski definition) is 1. The molecule has 1 saturated carbocycles. The van der Waals surface area contributed by atoms with Crippen LogP contribution in [0.25, 0.3) is 0 Å². The zero-order valence-electron chi connectivity index (χ0n) is 6.69. The van der Waals surface area contributed by atoms with Crippen molar-refractivity contribution < 1.29 is 5.11 Å². The van der Waals surface area contributed by atoms with E-state index in [1.54, 1.807) is 0 Å². The van der Waals surface area contributed by atoms with Crippen LogP contribution in [0.15, 0.2) is 11.1 Å². The maximum atomic E-state index is 8.83. The van der Waals surface area contributed by atoms with Crippen molar-refractivity contribution in [3.8, 4) is 0 Å². The SMILES string of the molecule is CC(CO)=C1CCCCC1. The molecular weight excluding hydrogens is 124 g/mol. The Morgan fingerprint density at radius 1 is 1.30 bits per heavy atom. The van der Waals surface area contributed by atoms with E-state index in [0.29, 0.717) is 0 Å². The highest BCUT2D eigenvalue weighted by molar-refractivity contribution is 5.13. The van der Waals surface area contributed by atoms with Crippen LogP contribution in [0.1, 0.15) is 39.0 Å². The molecule has 0 saturated heterocycles. The molecule has 1 rings (SSSR count). The van der Waals surface area contributed by atoms with E-state index >= 15 is 0 Å². The van der Waals surface area contributed by atoms with Crippen LogP contribution >= 0.6 is 0 Å². The van der Waals surface area contributed by atoms with Crippen LogP contribution < -0.4 is 0 Å². The van der Waals surface area contributed by atoms with Gasteiger partial charge < -0.3 is 5.11 Å². The fraction of sp³-hybridized carbons (Fsp3) is 0.778. The summed E-state index contributed by atoms with van der Waals surface area (Å²) in [6.07, 6.45) is 6.49. The van der Waals surface area contributed by atoms with Gasteiger partial charge in [-0.05, 0) is 38.2 Å². The molecule has 0 bridgehead atoms. The Hall–Kier alpha value is -0.300. The lowest BCUT2D eigenvalue weighted by molar-refractivity contribution is 0.328. The quantitative estimate of drug-likeness (QED) is 0.554. The molecule has 0 spiro atoms. The standard InChI is InChI=1S/C9H16O/c1-8(7-10)9-5-3-2-4-6-9/h10H,2-7H2,1H3. The molecule has 1 nitrogen and oxygen atoms in total. The predicted molar refractivity (Wildman–Crippen MR) is 42.9 cm³/mol. The van der Waals surface area contributed by atoms with Crippen LogP contribution in [0.5, 0.6) is 0 Å². The molecule has 1 fully saturated rings. The molecule has 10 heavy (non-hydrogen) atoms. The number of hydrogen-bond acceptors (Lipinski definition) is 1. The number of rotatable bonds is 1. The Morgan fingerprint density at radius 3 is 2.40 bits per heavy atom. The van der Waals surface area contributed by atoms with Gasteiger partial charge in [0.1, 0.15) is 0 Å². The van der Waals surface area contributed by atoms with Gasteiger partial charge in [0.25, 0.3) is 0 Å². The van der Waals surface area contributed by atoms with Crippen molar-refractivity contribution in [2.24, 2.45) is 0 Å². The number of allylic oxidation sites excluding steroid dienone is 1. The lowest BCUT2D eigenvalue weighted by atomic mass is 9.92. The van der Waals surface area contributed by atoms with Crippen LogP contribution in [0.2, 0.25) is 0 Å². The molecule has 0 aromatic heterocycles. The van der Waals surface area contributed by atoms with E-state index in [9.17, 15) is 0 Å². The van der Waals surface area contributed by atoms with E-state index in [0.717, 1.165) is 0 Å². The number of aliphatic hydroxyl groups is 1. The molecule has 1 aliphatic rings. The van der Waals surface area contributed by atoms with E-state index in [2.05, 4.69) is 0 Å². The molecule has 1 aliphatic carbocycles. The Morgan fingerprint density at radius 2 is 1.90 bits per heavy atom. The summed E-state index contributed by atoms with van der Waals surface area (Å²) in [7, 11) is 0.